The lowest BCUT2D eigenvalue weighted by Gasteiger charge is -2.38. The molecular weight excluding hydrogens is 358 g/mol. The number of likely N-dealkylation sites (tertiary alicyclic amines) is 1. The smallest absolute Gasteiger partial charge is 0.289 e. The molecule has 1 amide bonds. The largest absolute Gasteiger partial charge is 0.497 e. The average Bonchev–Trinajstić information content (AvgIpc) is 3.24. The third kappa shape index (κ3) is 3.26. The van der Waals surface area contributed by atoms with Gasteiger partial charge in [-0.2, -0.15) is 0 Å². The first-order valence-corrected chi connectivity index (χ1v) is 9.47. The molecule has 0 bridgehead atoms. The molecule has 2 aromatic heterocycles. The first-order chi connectivity index (χ1) is 13.4. The number of benzene rings is 1. The van der Waals surface area contributed by atoms with Crippen LogP contribution >= 0.6 is 0 Å². The van der Waals surface area contributed by atoms with Crippen molar-refractivity contribution in [3.63, 3.8) is 0 Å². The van der Waals surface area contributed by atoms with Crippen LogP contribution in [0.4, 0.5) is 0 Å². The van der Waals surface area contributed by atoms with Crippen LogP contribution in [0.15, 0.2) is 35.0 Å². The van der Waals surface area contributed by atoms with Gasteiger partial charge < -0.3 is 23.7 Å². The fourth-order valence-electron chi connectivity index (χ4n) is 3.85. The molecule has 1 saturated heterocycles. The van der Waals surface area contributed by atoms with E-state index in [9.17, 15) is 9.90 Å². The Morgan fingerprint density at radius 2 is 2.07 bits per heavy atom. The monoisotopic (exact) mass is 383 g/mol. The summed E-state index contributed by atoms with van der Waals surface area (Å²) in [6, 6.07) is 5.52. The van der Waals surface area contributed by atoms with Crippen molar-refractivity contribution in [3.05, 3.63) is 47.7 Å². The predicted molar refractivity (Wildman–Crippen MR) is 105 cm³/mol. The number of aryl methyl sites for hydroxylation is 2. The van der Waals surface area contributed by atoms with Gasteiger partial charge >= 0.3 is 0 Å². The normalized spacial score (nSPS) is 16.5. The summed E-state index contributed by atoms with van der Waals surface area (Å²) < 4.78 is 13.1. The summed E-state index contributed by atoms with van der Waals surface area (Å²) in [5, 5.41) is 11.8. The molecule has 0 atom stereocenters. The molecule has 28 heavy (non-hydrogen) atoms. The Hall–Kier alpha value is -2.80. The van der Waals surface area contributed by atoms with Crippen molar-refractivity contribution in [1.29, 1.82) is 0 Å². The number of piperidine rings is 1. The van der Waals surface area contributed by atoms with Crippen LogP contribution in [0.2, 0.25) is 0 Å². The Labute approximate surface area is 163 Å². The lowest BCUT2D eigenvalue weighted by molar-refractivity contribution is -0.0301. The Morgan fingerprint density at radius 1 is 1.32 bits per heavy atom. The van der Waals surface area contributed by atoms with E-state index < -0.39 is 5.60 Å². The van der Waals surface area contributed by atoms with Crippen LogP contribution in [0.3, 0.4) is 0 Å². The van der Waals surface area contributed by atoms with Gasteiger partial charge in [-0.15, -0.1) is 0 Å². The maximum Gasteiger partial charge on any atom is 0.289 e. The summed E-state index contributed by atoms with van der Waals surface area (Å²) >= 11 is 0. The van der Waals surface area contributed by atoms with Crippen LogP contribution in [0.1, 0.15) is 34.8 Å². The second-order valence-corrected chi connectivity index (χ2v) is 7.54. The number of nitrogens with zero attached hydrogens (tertiary/aromatic N) is 3. The average molecular weight is 383 g/mol. The van der Waals surface area contributed by atoms with Crippen molar-refractivity contribution >= 4 is 16.9 Å². The molecule has 0 saturated carbocycles. The number of hydrogen-bond donors (Lipinski definition) is 1. The van der Waals surface area contributed by atoms with Gasteiger partial charge in [0.1, 0.15) is 17.2 Å². The lowest BCUT2D eigenvalue weighted by Crippen LogP contribution is -2.48. The van der Waals surface area contributed by atoms with E-state index in [0.717, 1.165) is 22.5 Å². The second kappa shape index (κ2) is 6.98. The van der Waals surface area contributed by atoms with Crippen LogP contribution in [0.5, 0.6) is 5.75 Å². The molecule has 1 N–H and O–H groups in total. The van der Waals surface area contributed by atoms with Crippen molar-refractivity contribution in [2.45, 2.75) is 38.8 Å². The van der Waals surface area contributed by atoms with Gasteiger partial charge in [0.2, 0.25) is 0 Å². The standard InChI is InChI=1S/C21H25N3O4/c1-14-17-12-16(27-3)4-5-18(17)28-19(14)20(25)23-9-6-21(26,7-10-23)13-24-11-8-22-15(24)2/h4-5,8,11-12,26H,6-7,9-10,13H2,1-3H3. The SMILES string of the molecule is COc1ccc2oc(C(=O)N3CCC(O)(Cn4ccnc4C)CC3)c(C)c2c1. The van der Waals surface area contributed by atoms with Gasteiger partial charge in [0, 0.05) is 36.4 Å². The summed E-state index contributed by atoms with van der Waals surface area (Å²) in [7, 11) is 1.61. The third-order valence-electron chi connectivity index (χ3n) is 5.71. The fraction of sp³-hybridized carbons (Fsp3) is 0.429. The molecule has 0 spiro atoms. The minimum absolute atomic E-state index is 0.131. The van der Waals surface area contributed by atoms with Gasteiger partial charge in [-0.3, -0.25) is 4.79 Å². The van der Waals surface area contributed by atoms with Crippen LogP contribution in [0, 0.1) is 13.8 Å². The van der Waals surface area contributed by atoms with Crippen molar-refractivity contribution in [3.8, 4) is 5.75 Å². The Morgan fingerprint density at radius 3 is 2.71 bits per heavy atom. The number of aliphatic hydroxyl groups is 1. The molecule has 7 nitrogen and oxygen atoms in total. The highest BCUT2D eigenvalue weighted by molar-refractivity contribution is 5.99. The van der Waals surface area contributed by atoms with Crippen molar-refractivity contribution in [2.24, 2.45) is 0 Å². The molecule has 3 heterocycles. The van der Waals surface area contributed by atoms with Gasteiger partial charge in [0.15, 0.2) is 5.76 Å². The highest BCUT2D eigenvalue weighted by Crippen LogP contribution is 2.31. The zero-order chi connectivity index (χ0) is 19.9. The van der Waals surface area contributed by atoms with E-state index in [1.54, 1.807) is 18.2 Å². The highest BCUT2D eigenvalue weighted by Gasteiger charge is 2.36. The number of aromatic nitrogens is 2. The summed E-state index contributed by atoms with van der Waals surface area (Å²) in [6.07, 6.45) is 4.64. The predicted octanol–water partition coefficient (Wildman–Crippen LogP) is 2.92. The topological polar surface area (TPSA) is 80.7 Å². The van der Waals surface area contributed by atoms with Crippen LogP contribution in [-0.2, 0) is 6.54 Å². The minimum Gasteiger partial charge on any atom is -0.497 e. The van der Waals surface area contributed by atoms with Gasteiger partial charge in [0.25, 0.3) is 5.91 Å². The molecule has 1 fully saturated rings. The number of methoxy groups -OCH3 is 1. The number of fused-ring (bicyclic) bond motifs is 1. The lowest BCUT2D eigenvalue weighted by atomic mass is 9.91. The van der Waals surface area contributed by atoms with E-state index in [1.165, 1.54) is 0 Å². The number of furan rings is 1. The zero-order valence-corrected chi connectivity index (χ0v) is 16.4. The number of rotatable bonds is 4. The quantitative estimate of drug-likeness (QED) is 0.749. The summed E-state index contributed by atoms with van der Waals surface area (Å²) in [6.45, 7) is 5.28. The van der Waals surface area contributed by atoms with Crippen LogP contribution in [0.25, 0.3) is 11.0 Å². The summed E-state index contributed by atoms with van der Waals surface area (Å²) in [5.41, 5.74) is 0.651. The molecule has 3 aromatic rings. The molecule has 4 rings (SSSR count). The number of ether oxygens (including phenoxy) is 1. The minimum atomic E-state index is -0.835. The molecule has 1 aromatic carbocycles. The van der Waals surface area contributed by atoms with E-state index in [0.29, 0.717) is 43.8 Å². The molecule has 7 heteroatoms. The number of imidazole rings is 1. The van der Waals surface area contributed by atoms with E-state index in [1.807, 2.05) is 42.8 Å². The van der Waals surface area contributed by atoms with Gasteiger partial charge in [-0.25, -0.2) is 4.98 Å². The van der Waals surface area contributed by atoms with Crippen LogP contribution < -0.4 is 4.74 Å². The zero-order valence-electron chi connectivity index (χ0n) is 16.4. The molecule has 0 unspecified atom stereocenters. The Bertz CT molecular complexity index is 1010. The first-order valence-electron chi connectivity index (χ1n) is 9.47. The summed E-state index contributed by atoms with van der Waals surface area (Å²) in [5.74, 6) is 1.83. The van der Waals surface area contributed by atoms with Gasteiger partial charge in [-0.1, -0.05) is 0 Å². The molecule has 0 aliphatic carbocycles. The molecular formula is C21H25N3O4. The van der Waals surface area contributed by atoms with Gasteiger partial charge in [-0.05, 0) is 44.9 Å². The second-order valence-electron chi connectivity index (χ2n) is 7.54. The van der Waals surface area contributed by atoms with E-state index in [2.05, 4.69) is 4.98 Å². The van der Waals surface area contributed by atoms with E-state index in [-0.39, 0.29) is 5.91 Å². The fourth-order valence-corrected chi connectivity index (χ4v) is 3.85. The maximum absolute atomic E-state index is 13.0. The van der Waals surface area contributed by atoms with Crippen molar-refractivity contribution in [2.75, 3.05) is 20.2 Å². The molecule has 148 valence electrons. The van der Waals surface area contributed by atoms with Crippen molar-refractivity contribution in [1.82, 2.24) is 14.5 Å². The first kappa shape index (κ1) is 18.6. The third-order valence-corrected chi connectivity index (χ3v) is 5.71. The number of carbonyl (C=O) groups is 1. The Balaban J connectivity index is 1.49. The maximum atomic E-state index is 13.0. The van der Waals surface area contributed by atoms with Crippen molar-refractivity contribution < 1.29 is 19.1 Å². The van der Waals surface area contributed by atoms with E-state index in [4.69, 9.17) is 9.15 Å². The number of amides is 1. The summed E-state index contributed by atoms with van der Waals surface area (Å²) in [4.78, 5) is 19.0. The highest BCUT2D eigenvalue weighted by atomic mass is 16.5. The number of carbonyl (C=O) groups excluding carboxylic acids is 1. The molecule has 1 aliphatic heterocycles. The van der Waals surface area contributed by atoms with Crippen LogP contribution in [-0.4, -0.2) is 51.3 Å². The molecule has 1 aliphatic rings. The van der Waals surface area contributed by atoms with E-state index >= 15 is 0 Å². The number of hydrogen-bond acceptors (Lipinski definition) is 5. The molecule has 0 radical (unpaired) electrons. The van der Waals surface area contributed by atoms with Gasteiger partial charge in [0.05, 0.1) is 19.3 Å². The Kier molecular flexibility index (Phi) is 4.63.